The fourth-order valence-corrected chi connectivity index (χ4v) is 13.0. The molecule has 0 saturated heterocycles. The third-order valence-electron chi connectivity index (χ3n) is 16.8. The largest absolute Gasteiger partial charge is 1.00 e. The van der Waals surface area contributed by atoms with Gasteiger partial charge in [0.1, 0.15) is 61.4 Å². The number of Topliss-reactive ketones (excluding diaryl/α,β-unsaturated/α-hetero) is 3. The topological polar surface area (TPSA) is 347 Å². The van der Waals surface area contributed by atoms with Crippen LogP contribution in [0.1, 0.15) is 164 Å². The number of ketones is 3. The average molecular weight is 2150 g/mol. The fraction of sp³-hybridized carbons (Fsp3) is 0.372. The van der Waals surface area contributed by atoms with Crippen molar-refractivity contribution in [2.75, 3.05) is 64.8 Å². The molecule has 0 saturated carbocycles. The second-order valence-electron chi connectivity index (χ2n) is 27.7. The van der Waals surface area contributed by atoms with Crippen molar-refractivity contribution in [1.29, 1.82) is 0 Å². The van der Waals surface area contributed by atoms with E-state index in [0.29, 0.717) is 153 Å². The molecule has 44 heteroatoms. The van der Waals surface area contributed by atoms with Crippen LogP contribution in [-0.2, 0) is 151 Å². The third kappa shape index (κ3) is 58.4. The van der Waals surface area contributed by atoms with Crippen molar-refractivity contribution in [3.8, 4) is 21.1 Å². The Hall–Kier alpha value is -8.85. The minimum atomic E-state index is -4.51. The Morgan fingerprint density at radius 3 is 1.16 bits per heavy atom. The summed E-state index contributed by atoms with van der Waals surface area (Å²) in [7, 11) is 4.81. The monoisotopic (exact) mass is 2140 g/mol. The summed E-state index contributed by atoms with van der Waals surface area (Å²) in [6.07, 6.45) is -6.16. The van der Waals surface area contributed by atoms with Crippen LogP contribution >= 0.6 is 83.8 Å². The molecule has 0 aliphatic carbocycles. The van der Waals surface area contributed by atoms with Gasteiger partial charge in [-0.25, -0.2) is 19.6 Å². The van der Waals surface area contributed by atoms with Crippen molar-refractivity contribution in [1.82, 2.24) is 24.9 Å². The van der Waals surface area contributed by atoms with Gasteiger partial charge in [0.25, 0.3) is 0 Å². The summed E-state index contributed by atoms with van der Waals surface area (Å²) in [5.41, 5.74) is 10.4. The van der Waals surface area contributed by atoms with Gasteiger partial charge in [-0.2, -0.15) is 47.9 Å². The van der Waals surface area contributed by atoms with Crippen molar-refractivity contribution in [2.45, 2.75) is 162 Å². The Morgan fingerprint density at radius 2 is 0.826 bits per heavy atom. The Morgan fingerprint density at radius 1 is 0.486 bits per heavy atom. The van der Waals surface area contributed by atoms with Crippen LogP contribution in [0.25, 0.3) is 21.1 Å². The maximum absolute atomic E-state index is 12.7. The van der Waals surface area contributed by atoms with Crippen LogP contribution < -0.4 is 24.6 Å². The molecule has 5 aromatic heterocycles. The average Bonchev–Trinajstić information content (AvgIpc) is 1.66. The van der Waals surface area contributed by atoms with Crippen molar-refractivity contribution < 1.29 is 150 Å². The first-order chi connectivity index (χ1) is 64.7. The van der Waals surface area contributed by atoms with Gasteiger partial charge in [0.2, 0.25) is 0 Å². The van der Waals surface area contributed by atoms with E-state index in [1.54, 1.807) is 27.7 Å². The number of pyridine rings is 3. The number of nitrogens with two attached hydrogens (primary N) is 1. The molecule has 748 valence electrons. The molecule has 25 nitrogen and oxygen atoms in total. The SMILES string of the molecule is BrCCOCc1ccccc1.CCOC(=O)C(Cl)C(=O)CCCOCc1ccccc1.CCOC(=O)CC(=O)CCCOCc1ccccc1.CCOC(=O)CC(C)=O.CCOC(=O)c1sc(-c2ccc(C(F)(F)F)nc2)nc1CCCOCc1ccccc1.NC(=S)c1ccc(C(F)(F)F)nc1.O=S(=O)(Cl)Cl.OCc1sc(-c2ccc(C(F)(F)F)nc2)nc1CCCOCc1ccccc1.[AlH3].[H-].[Li+]. The molecule has 1 unspecified atom stereocenters. The van der Waals surface area contributed by atoms with Crippen LogP contribution in [0.4, 0.5) is 39.5 Å². The van der Waals surface area contributed by atoms with E-state index in [-0.39, 0.29) is 99.1 Å². The van der Waals surface area contributed by atoms with Crippen molar-refractivity contribution in [3.63, 3.8) is 0 Å². The number of thiazole rings is 2. The number of rotatable bonds is 43. The number of aromatic nitrogens is 5. The number of nitrogens with zero attached hydrogens (tertiary/aromatic N) is 5. The van der Waals surface area contributed by atoms with E-state index in [1.165, 1.54) is 42.0 Å². The molecule has 5 heterocycles. The number of thiocarbonyl (C=S) groups is 1. The molecular formula is C94H109AlBrCl3F9LiN6O19S4. The zero-order valence-corrected chi connectivity index (χ0v) is 82.9. The summed E-state index contributed by atoms with van der Waals surface area (Å²) in [6.45, 7) is 14.7. The molecule has 0 bridgehead atoms. The van der Waals surface area contributed by atoms with Crippen LogP contribution in [-0.4, -0.2) is 172 Å². The number of carbonyl (C=O) groups is 7. The van der Waals surface area contributed by atoms with Crippen LogP contribution in [0, 0.1) is 0 Å². The van der Waals surface area contributed by atoms with E-state index >= 15 is 0 Å². The number of carbonyl (C=O) groups excluding carboxylic acids is 7. The molecule has 10 rings (SSSR count). The Labute approximate surface area is 855 Å². The molecule has 0 aliphatic heterocycles. The number of alkyl halides is 11. The van der Waals surface area contributed by atoms with E-state index in [0.717, 1.165) is 94.4 Å². The molecule has 0 spiro atoms. The van der Waals surface area contributed by atoms with Crippen LogP contribution in [0.5, 0.6) is 0 Å². The minimum absolute atomic E-state index is 0. The number of aryl methyl sites for hydroxylation is 2. The molecule has 0 radical (unpaired) electrons. The van der Waals surface area contributed by atoms with Crippen LogP contribution in [0.3, 0.4) is 0 Å². The normalized spacial score (nSPS) is 10.9. The number of hydrogen-bond donors (Lipinski definition) is 2. The van der Waals surface area contributed by atoms with Gasteiger partial charge in [-0.05, 0) is 137 Å². The maximum atomic E-state index is 12.7. The van der Waals surface area contributed by atoms with E-state index in [9.17, 15) is 78.2 Å². The number of halogens is 13. The number of aliphatic hydroxyl groups is 1. The standard InChI is InChI=1S/C22H21F3N2O3S.C20H19F3N2O2S.C15H19ClO4.C15H20O4.C9H11BrO.C7H5F3N2S.C6H10O3.Al.Cl2O2S.Li.4H/c1-2-30-21(28)19-17(9-6-12-29-14-15-7-4-3-5-8-15)27-20(31-19)16-10-11-18(26-13-16)22(23,24)25;21-20(22,23)18-9-8-15(11-24-18)19-25-16(17(12-26)28-19)7-4-10-27-13-14-5-2-1-3-6-14;1-2-20-15(18)14(16)13(17)9-6-10-19-11-12-7-4-3-5-8-12;1-2-19-15(17)11-14(16)9-6-10-18-12-13-7-4-3-5-8-13;10-6-7-11-8-9-4-2-1-3-5-9;8-7(9,10)5-2-1-4(3-12-5)6(11)13;1-3-9-6(8)4-5(2)7;;1-5(2,3)4;;;;;/h3-5,7-8,10-11,13H,2,6,9,12,14H2,1H3;1-3,5-6,8-9,11,26H,4,7,10,12-13H2;3-5,7-8,14H,2,6,9-11H2,1H3;3-5,7-8H,2,6,9-12H2,1H3;1-5H,6-8H2;1-3H,(H2,11,13);3-4H2,1-2H3;;;;;;;/q;;;;;;;;;+1;;;;-1. The quantitative estimate of drug-likeness (QED) is 0.00412. The molecule has 3 N–H and O–H groups in total. The number of esters is 4. The zero-order chi connectivity index (χ0) is 101. The minimum Gasteiger partial charge on any atom is -1.00 e. The summed E-state index contributed by atoms with van der Waals surface area (Å²) in [5, 5.41) is 10.2. The molecule has 0 amide bonds. The van der Waals surface area contributed by atoms with Crippen molar-refractivity contribution >= 4 is 156 Å². The molecule has 0 aliphatic rings. The second-order valence-corrected chi connectivity index (χ2v) is 35.1. The van der Waals surface area contributed by atoms with E-state index in [4.69, 9.17) is 58.9 Å². The van der Waals surface area contributed by atoms with Crippen molar-refractivity contribution in [2.24, 2.45) is 5.73 Å². The third-order valence-corrected chi connectivity index (χ3v) is 20.0. The smallest absolute Gasteiger partial charge is 1.00 e. The van der Waals surface area contributed by atoms with Gasteiger partial charge < -0.3 is 54.9 Å². The van der Waals surface area contributed by atoms with Gasteiger partial charge >= 0.3 is 69.5 Å². The Bertz CT molecular complexity index is 5240. The first-order valence-corrected chi connectivity index (χ1v) is 48.6. The van der Waals surface area contributed by atoms with E-state index < -0.39 is 73.1 Å². The molecule has 1 atom stereocenters. The van der Waals surface area contributed by atoms with E-state index in [1.807, 2.05) is 140 Å². The predicted octanol–water partition coefficient (Wildman–Crippen LogP) is 17.1. The number of aliphatic hydroxyl groups excluding tert-OH is 1. The van der Waals surface area contributed by atoms with Crippen LogP contribution in [0.2, 0.25) is 0 Å². The Balaban J connectivity index is 0.00000163. The molecule has 0 fully saturated rings. The molecule has 5 aromatic carbocycles. The van der Waals surface area contributed by atoms with Gasteiger partial charge in [0.15, 0.2) is 28.5 Å². The van der Waals surface area contributed by atoms with Gasteiger partial charge in [-0.1, -0.05) is 180 Å². The molecule has 138 heavy (non-hydrogen) atoms. The number of benzene rings is 5. The summed E-state index contributed by atoms with van der Waals surface area (Å²) in [5.74, 6) is -2.64. The second kappa shape index (κ2) is 72.4. The van der Waals surface area contributed by atoms with Gasteiger partial charge in [0.05, 0.1) is 88.9 Å². The summed E-state index contributed by atoms with van der Waals surface area (Å²) in [6, 6.07) is 56.0. The first kappa shape index (κ1) is 127. The van der Waals surface area contributed by atoms with Crippen molar-refractivity contribution in [3.05, 3.63) is 278 Å². The summed E-state index contributed by atoms with van der Waals surface area (Å²) >= 11 is 15.9. The molecular weight excluding hydrogens is 2040 g/mol. The Kier molecular flexibility index (Phi) is 66.7. The van der Waals surface area contributed by atoms with Gasteiger partial charge in [0, 0.05) is 101 Å². The fourth-order valence-electron chi connectivity index (χ4n) is 10.5. The zero-order valence-electron chi connectivity index (χ0n) is 76.7. The van der Waals surface area contributed by atoms with Crippen LogP contribution in [0.15, 0.2) is 207 Å². The van der Waals surface area contributed by atoms with Gasteiger partial charge in [-0.15, -0.1) is 34.3 Å². The summed E-state index contributed by atoms with van der Waals surface area (Å²) < 4.78 is 177. The number of hydrogen-bond acceptors (Lipinski definition) is 27. The predicted molar refractivity (Wildman–Crippen MR) is 518 cm³/mol. The maximum Gasteiger partial charge on any atom is 1.00 e. The van der Waals surface area contributed by atoms with Gasteiger partial charge in [-0.3, -0.25) is 38.9 Å². The van der Waals surface area contributed by atoms with E-state index in [2.05, 4.69) is 96.0 Å². The summed E-state index contributed by atoms with van der Waals surface area (Å²) in [4.78, 5) is 98.4. The first-order valence-electron chi connectivity index (χ1n) is 41.8. The number of ether oxygens (including phenoxy) is 9. The molecule has 10 aromatic rings.